The zero-order chi connectivity index (χ0) is 19.2. The first-order valence-corrected chi connectivity index (χ1v) is 9.94. The van der Waals surface area contributed by atoms with Crippen LogP contribution in [0, 0.1) is 20.8 Å². The molecule has 0 aliphatic carbocycles. The maximum Gasteiger partial charge on any atom is 0.144 e. The molecule has 0 aliphatic heterocycles. The summed E-state index contributed by atoms with van der Waals surface area (Å²) in [4.78, 5) is 6.06. The van der Waals surface area contributed by atoms with E-state index < -0.39 is 0 Å². The molecular formula is C24H25NOS. The lowest BCUT2D eigenvalue weighted by atomic mass is 10.2. The Bertz CT molecular complexity index is 931. The Labute approximate surface area is 166 Å². The van der Waals surface area contributed by atoms with Crippen molar-refractivity contribution in [3.63, 3.8) is 0 Å². The second kappa shape index (κ2) is 8.92. The summed E-state index contributed by atoms with van der Waals surface area (Å²) in [6, 6.07) is 24.9. The Morgan fingerprint density at radius 2 is 1.48 bits per heavy atom. The van der Waals surface area contributed by atoms with Crippen LogP contribution in [0.25, 0.3) is 0 Å². The fraction of sp³-hybridized carbons (Fsp3) is 0.208. The molecule has 0 N–H and O–H groups in total. The lowest BCUT2D eigenvalue weighted by Gasteiger charge is -2.17. The summed E-state index contributed by atoms with van der Waals surface area (Å²) in [5.74, 6) is 0.865. The number of aryl methyl sites for hydroxylation is 3. The molecular weight excluding hydrogens is 350 g/mol. The molecule has 0 amide bonds. The van der Waals surface area contributed by atoms with Crippen LogP contribution in [0.1, 0.15) is 23.6 Å². The van der Waals surface area contributed by atoms with Gasteiger partial charge in [-0.25, -0.2) is 4.99 Å². The first-order chi connectivity index (χ1) is 13.0. The molecule has 3 heteroatoms. The molecule has 0 spiro atoms. The van der Waals surface area contributed by atoms with Gasteiger partial charge in [0.2, 0.25) is 0 Å². The summed E-state index contributed by atoms with van der Waals surface area (Å²) in [6.07, 6.45) is -0.154. The van der Waals surface area contributed by atoms with E-state index in [1.807, 2.05) is 24.3 Å². The Morgan fingerprint density at radius 3 is 2.15 bits per heavy atom. The molecule has 138 valence electrons. The van der Waals surface area contributed by atoms with Crippen LogP contribution in [0.4, 0.5) is 5.69 Å². The normalized spacial score (nSPS) is 12.7. The topological polar surface area (TPSA) is 21.6 Å². The molecule has 0 fully saturated rings. The van der Waals surface area contributed by atoms with Crippen molar-refractivity contribution < 1.29 is 4.74 Å². The number of aliphatic imine (C=N–C) groups is 1. The van der Waals surface area contributed by atoms with Crippen LogP contribution >= 0.6 is 11.8 Å². The third-order valence-electron chi connectivity index (χ3n) is 4.14. The highest BCUT2D eigenvalue weighted by atomic mass is 32.2. The van der Waals surface area contributed by atoms with Crippen LogP contribution in [0.15, 0.2) is 82.7 Å². The molecule has 0 saturated carbocycles. The standard InChI is InChI=1S/C24H25NOS/c1-17-11-13-21(14-12-17)25-24(27-23-10-6-8-19(3)16-23)20(4)26-22-9-5-7-18(2)15-22/h5-16,20H,1-4H3. The fourth-order valence-corrected chi connectivity index (χ4v) is 3.68. The summed E-state index contributed by atoms with van der Waals surface area (Å²) < 4.78 is 6.20. The van der Waals surface area contributed by atoms with E-state index in [1.54, 1.807) is 11.8 Å². The van der Waals surface area contributed by atoms with Crippen LogP contribution in [-0.4, -0.2) is 11.1 Å². The Balaban J connectivity index is 1.89. The number of hydrogen-bond acceptors (Lipinski definition) is 3. The fourth-order valence-electron chi connectivity index (χ4n) is 2.69. The quantitative estimate of drug-likeness (QED) is 0.275. The zero-order valence-electron chi connectivity index (χ0n) is 16.3. The molecule has 0 bridgehead atoms. The molecule has 1 atom stereocenters. The summed E-state index contributed by atoms with van der Waals surface area (Å²) in [5, 5.41) is 0.936. The van der Waals surface area contributed by atoms with Crippen LogP contribution in [-0.2, 0) is 0 Å². The van der Waals surface area contributed by atoms with Gasteiger partial charge in [-0.05, 0) is 69.7 Å². The first kappa shape index (κ1) is 19.2. The van der Waals surface area contributed by atoms with Crippen molar-refractivity contribution in [1.82, 2.24) is 0 Å². The first-order valence-electron chi connectivity index (χ1n) is 9.13. The second-order valence-corrected chi connectivity index (χ2v) is 7.87. The van der Waals surface area contributed by atoms with Crippen molar-refractivity contribution in [1.29, 1.82) is 0 Å². The molecule has 0 aliphatic rings. The molecule has 27 heavy (non-hydrogen) atoms. The monoisotopic (exact) mass is 375 g/mol. The highest BCUT2D eigenvalue weighted by Crippen LogP contribution is 2.27. The lowest BCUT2D eigenvalue weighted by molar-refractivity contribution is 0.290. The van der Waals surface area contributed by atoms with Gasteiger partial charge in [0.15, 0.2) is 0 Å². The van der Waals surface area contributed by atoms with Crippen LogP contribution in [0.3, 0.4) is 0 Å². The summed E-state index contributed by atoms with van der Waals surface area (Å²) in [5.41, 5.74) is 4.59. The van der Waals surface area contributed by atoms with E-state index in [4.69, 9.17) is 9.73 Å². The van der Waals surface area contributed by atoms with Crippen molar-refractivity contribution in [2.45, 2.75) is 38.7 Å². The smallest absolute Gasteiger partial charge is 0.144 e. The number of ether oxygens (including phenoxy) is 1. The van der Waals surface area contributed by atoms with Gasteiger partial charge in [0.1, 0.15) is 16.9 Å². The second-order valence-electron chi connectivity index (χ2n) is 6.78. The number of rotatable bonds is 5. The van der Waals surface area contributed by atoms with E-state index in [2.05, 4.69) is 76.2 Å². The predicted octanol–water partition coefficient (Wildman–Crippen LogP) is 6.90. The number of benzene rings is 3. The summed E-state index contributed by atoms with van der Waals surface area (Å²) in [6.45, 7) is 8.31. The van der Waals surface area contributed by atoms with Gasteiger partial charge in [0.25, 0.3) is 0 Å². The minimum absolute atomic E-state index is 0.154. The van der Waals surface area contributed by atoms with Gasteiger partial charge in [0, 0.05) is 4.90 Å². The highest BCUT2D eigenvalue weighted by molar-refractivity contribution is 8.14. The minimum Gasteiger partial charge on any atom is -0.484 e. The van der Waals surface area contributed by atoms with Gasteiger partial charge < -0.3 is 4.74 Å². The maximum atomic E-state index is 6.20. The molecule has 0 heterocycles. The lowest BCUT2D eigenvalue weighted by Crippen LogP contribution is -2.21. The van der Waals surface area contributed by atoms with Gasteiger partial charge >= 0.3 is 0 Å². The van der Waals surface area contributed by atoms with Crippen molar-refractivity contribution in [3.8, 4) is 5.75 Å². The summed E-state index contributed by atoms with van der Waals surface area (Å²) in [7, 11) is 0. The number of hydrogen-bond donors (Lipinski definition) is 0. The van der Waals surface area contributed by atoms with E-state index >= 15 is 0 Å². The van der Waals surface area contributed by atoms with Crippen LogP contribution in [0.5, 0.6) is 5.75 Å². The third kappa shape index (κ3) is 5.73. The molecule has 1 unspecified atom stereocenters. The van der Waals surface area contributed by atoms with E-state index in [9.17, 15) is 0 Å². The molecule has 0 radical (unpaired) electrons. The van der Waals surface area contributed by atoms with Crippen molar-refractivity contribution in [3.05, 3.63) is 89.5 Å². The van der Waals surface area contributed by atoms with Crippen molar-refractivity contribution >= 4 is 22.5 Å². The van der Waals surface area contributed by atoms with Gasteiger partial charge in [0.05, 0.1) is 5.69 Å². The van der Waals surface area contributed by atoms with Crippen LogP contribution in [0.2, 0.25) is 0 Å². The molecule has 0 saturated heterocycles. The highest BCUT2D eigenvalue weighted by Gasteiger charge is 2.15. The number of nitrogens with zero attached hydrogens (tertiary/aromatic N) is 1. The predicted molar refractivity (Wildman–Crippen MR) is 117 cm³/mol. The Hall–Kier alpha value is -2.52. The largest absolute Gasteiger partial charge is 0.484 e. The summed E-state index contributed by atoms with van der Waals surface area (Å²) >= 11 is 1.66. The minimum atomic E-state index is -0.154. The van der Waals surface area contributed by atoms with Crippen molar-refractivity contribution in [2.75, 3.05) is 0 Å². The Kier molecular flexibility index (Phi) is 6.36. The molecule has 3 rings (SSSR count). The molecule has 0 aromatic heterocycles. The number of thioether (sulfide) groups is 1. The van der Waals surface area contributed by atoms with E-state index in [-0.39, 0.29) is 6.10 Å². The van der Waals surface area contributed by atoms with E-state index in [0.29, 0.717) is 0 Å². The van der Waals surface area contributed by atoms with E-state index in [0.717, 1.165) is 16.5 Å². The maximum absolute atomic E-state index is 6.20. The average molecular weight is 376 g/mol. The molecule has 3 aromatic rings. The Morgan fingerprint density at radius 1 is 0.815 bits per heavy atom. The third-order valence-corrected chi connectivity index (χ3v) is 5.26. The van der Waals surface area contributed by atoms with Gasteiger partial charge in [-0.15, -0.1) is 0 Å². The van der Waals surface area contributed by atoms with Crippen molar-refractivity contribution in [2.24, 2.45) is 4.99 Å². The van der Waals surface area contributed by atoms with Gasteiger partial charge in [-0.1, -0.05) is 59.3 Å². The van der Waals surface area contributed by atoms with Crippen LogP contribution < -0.4 is 4.74 Å². The van der Waals surface area contributed by atoms with Gasteiger partial charge in [-0.2, -0.15) is 0 Å². The molecule has 3 aromatic carbocycles. The van der Waals surface area contributed by atoms with E-state index in [1.165, 1.54) is 21.6 Å². The SMILES string of the molecule is Cc1ccc(N=C(Sc2cccc(C)c2)C(C)Oc2cccc(C)c2)cc1. The molecule has 2 nitrogen and oxygen atoms in total. The average Bonchev–Trinajstić information content (AvgIpc) is 2.63. The zero-order valence-corrected chi connectivity index (χ0v) is 17.1. The van der Waals surface area contributed by atoms with Gasteiger partial charge in [-0.3, -0.25) is 0 Å².